The molecule has 2 rings (SSSR count). The van der Waals surface area contributed by atoms with Crippen LogP contribution in [-0.2, 0) is 11.3 Å². The Hall–Kier alpha value is -1.59. The second kappa shape index (κ2) is 7.26. The van der Waals surface area contributed by atoms with Crippen molar-refractivity contribution in [3.8, 4) is 0 Å². The lowest BCUT2D eigenvalue weighted by molar-refractivity contribution is 0.177. The summed E-state index contributed by atoms with van der Waals surface area (Å²) >= 11 is 1.64. The molecule has 0 amide bonds. The minimum Gasteiger partial charge on any atom is -0.377 e. The molecule has 20 heavy (non-hydrogen) atoms. The smallest absolute Gasteiger partial charge is 0.157 e. The lowest BCUT2D eigenvalue weighted by Crippen LogP contribution is -2.05. The van der Waals surface area contributed by atoms with Crippen LogP contribution >= 0.6 is 11.8 Å². The first-order valence-electron chi connectivity index (χ1n) is 6.56. The first-order chi connectivity index (χ1) is 9.71. The van der Waals surface area contributed by atoms with E-state index < -0.39 is 0 Å². The van der Waals surface area contributed by atoms with Crippen molar-refractivity contribution in [1.29, 1.82) is 0 Å². The van der Waals surface area contributed by atoms with E-state index in [9.17, 15) is 0 Å². The predicted octanol–water partition coefficient (Wildman–Crippen LogP) is 3.51. The summed E-state index contributed by atoms with van der Waals surface area (Å²) in [5.41, 5.74) is 1.24. The normalized spacial score (nSPS) is 10.6. The van der Waals surface area contributed by atoms with Gasteiger partial charge in [-0.2, -0.15) is 0 Å². The molecule has 0 spiro atoms. The molecule has 0 aliphatic heterocycles. The summed E-state index contributed by atoms with van der Waals surface area (Å²) in [4.78, 5) is 10.1. The van der Waals surface area contributed by atoms with E-state index in [0.29, 0.717) is 12.4 Å². The standard InChI is InChI=1S/C15H19N3OS/c1-4-16-13-9-15(18-14(17-13)10-19-3)20-12-7-5-6-11(2)8-12/h5-9H,4,10H2,1-3H3,(H,16,17,18). The molecule has 0 unspecified atom stereocenters. The third kappa shape index (κ3) is 4.21. The van der Waals surface area contributed by atoms with Crippen LogP contribution in [0, 0.1) is 6.92 Å². The first-order valence-corrected chi connectivity index (χ1v) is 7.38. The number of aromatic nitrogens is 2. The van der Waals surface area contributed by atoms with Crippen LogP contribution in [0.1, 0.15) is 18.3 Å². The lowest BCUT2D eigenvalue weighted by Gasteiger charge is -2.08. The highest BCUT2D eigenvalue weighted by molar-refractivity contribution is 7.99. The number of ether oxygens (including phenoxy) is 1. The molecular weight excluding hydrogens is 270 g/mol. The molecule has 0 aliphatic carbocycles. The molecule has 2 aromatic rings. The van der Waals surface area contributed by atoms with Crippen molar-refractivity contribution in [2.75, 3.05) is 19.0 Å². The highest BCUT2D eigenvalue weighted by atomic mass is 32.2. The predicted molar refractivity (Wildman–Crippen MR) is 82.2 cm³/mol. The summed E-state index contributed by atoms with van der Waals surface area (Å²) in [6.07, 6.45) is 0. The molecule has 1 aromatic heterocycles. The molecule has 0 fully saturated rings. The first kappa shape index (κ1) is 14.8. The maximum absolute atomic E-state index is 5.12. The van der Waals surface area contributed by atoms with Crippen LogP contribution in [0.5, 0.6) is 0 Å². The molecule has 0 atom stereocenters. The zero-order chi connectivity index (χ0) is 14.4. The largest absolute Gasteiger partial charge is 0.377 e. The Morgan fingerprint density at radius 1 is 1.25 bits per heavy atom. The number of nitrogens with one attached hydrogen (secondary N) is 1. The van der Waals surface area contributed by atoms with Crippen LogP contribution in [0.2, 0.25) is 0 Å². The van der Waals surface area contributed by atoms with Gasteiger partial charge in [-0.05, 0) is 26.0 Å². The number of rotatable bonds is 6. The fraction of sp³-hybridized carbons (Fsp3) is 0.333. The van der Waals surface area contributed by atoms with Crippen LogP contribution in [0.25, 0.3) is 0 Å². The van der Waals surface area contributed by atoms with E-state index in [1.165, 1.54) is 10.5 Å². The number of benzene rings is 1. The van der Waals surface area contributed by atoms with Gasteiger partial charge in [0.25, 0.3) is 0 Å². The Kier molecular flexibility index (Phi) is 5.38. The summed E-state index contributed by atoms with van der Waals surface area (Å²) in [5.74, 6) is 1.53. The van der Waals surface area contributed by atoms with E-state index >= 15 is 0 Å². The third-order valence-corrected chi connectivity index (χ3v) is 3.50. The van der Waals surface area contributed by atoms with Gasteiger partial charge in [0.2, 0.25) is 0 Å². The van der Waals surface area contributed by atoms with Crippen molar-refractivity contribution in [1.82, 2.24) is 9.97 Å². The molecule has 0 radical (unpaired) electrons. The summed E-state index contributed by atoms with van der Waals surface area (Å²) in [5, 5.41) is 4.15. The quantitative estimate of drug-likeness (QED) is 0.825. The lowest BCUT2D eigenvalue weighted by atomic mass is 10.2. The van der Waals surface area contributed by atoms with Crippen LogP contribution in [0.4, 0.5) is 5.82 Å². The molecule has 1 aromatic carbocycles. The molecule has 0 bridgehead atoms. The Labute approximate surface area is 124 Å². The van der Waals surface area contributed by atoms with Crippen LogP contribution in [-0.4, -0.2) is 23.6 Å². The Bertz CT molecular complexity index is 551. The van der Waals surface area contributed by atoms with Gasteiger partial charge >= 0.3 is 0 Å². The summed E-state index contributed by atoms with van der Waals surface area (Å²) < 4.78 is 5.12. The zero-order valence-corrected chi connectivity index (χ0v) is 12.8. The van der Waals surface area contributed by atoms with Gasteiger partial charge in [-0.1, -0.05) is 29.5 Å². The third-order valence-electron chi connectivity index (χ3n) is 2.59. The Balaban J connectivity index is 2.25. The van der Waals surface area contributed by atoms with Gasteiger partial charge in [0.1, 0.15) is 17.5 Å². The van der Waals surface area contributed by atoms with Crippen molar-refractivity contribution >= 4 is 17.6 Å². The van der Waals surface area contributed by atoms with Gasteiger partial charge in [-0.3, -0.25) is 0 Å². The number of anilines is 1. The van der Waals surface area contributed by atoms with Crippen LogP contribution in [0.3, 0.4) is 0 Å². The monoisotopic (exact) mass is 289 g/mol. The van der Waals surface area contributed by atoms with E-state index in [1.54, 1.807) is 18.9 Å². The topological polar surface area (TPSA) is 47.0 Å². The summed E-state index contributed by atoms with van der Waals surface area (Å²) in [6, 6.07) is 10.3. The number of nitrogens with zero attached hydrogens (tertiary/aromatic N) is 2. The summed E-state index contributed by atoms with van der Waals surface area (Å²) in [6.45, 7) is 5.38. The molecule has 1 heterocycles. The number of hydrogen-bond donors (Lipinski definition) is 1. The molecule has 106 valence electrons. The number of hydrogen-bond acceptors (Lipinski definition) is 5. The molecule has 1 N–H and O–H groups in total. The van der Waals surface area contributed by atoms with Crippen LogP contribution < -0.4 is 5.32 Å². The second-order valence-corrected chi connectivity index (χ2v) is 5.48. The number of methoxy groups -OCH3 is 1. The maximum Gasteiger partial charge on any atom is 0.157 e. The van der Waals surface area contributed by atoms with E-state index in [-0.39, 0.29) is 0 Å². The van der Waals surface area contributed by atoms with Crippen molar-refractivity contribution in [3.63, 3.8) is 0 Å². The highest BCUT2D eigenvalue weighted by Crippen LogP contribution is 2.28. The van der Waals surface area contributed by atoms with E-state index in [0.717, 1.165) is 17.4 Å². The fourth-order valence-electron chi connectivity index (χ4n) is 1.79. The second-order valence-electron chi connectivity index (χ2n) is 4.39. The van der Waals surface area contributed by atoms with E-state index in [4.69, 9.17) is 4.74 Å². The van der Waals surface area contributed by atoms with Gasteiger partial charge in [-0.15, -0.1) is 0 Å². The SMILES string of the molecule is CCNc1cc(Sc2cccc(C)c2)nc(COC)n1. The molecule has 0 saturated heterocycles. The van der Waals surface area contributed by atoms with E-state index in [1.807, 2.05) is 13.0 Å². The zero-order valence-electron chi connectivity index (χ0n) is 12.0. The highest BCUT2D eigenvalue weighted by Gasteiger charge is 2.06. The van der Waals surface area contributed by atoms with Crippen molar-refractivity contribution in [2.45, 2.75) is 30.4 Å². The maximum atomic E-state index is 5.12. The van der Waals surface area contributed by atoms with Crippen molar-refractivity contribution < 1.29 is 4.74 Å². The van der Waals surface area contributed by atoms with Crippen molar-refractivity contribution in [3.05, 3.63) is 41.7 Å². The minimum absolute atomic E-state index is 0.417. The fourth-order valence-corrected chi connectivity index (χ4v) is 2.74. The van der Waals surface area contributed by atoms with Crippen molar-refractivity contribution in [2.24, 2.45) is 0 Å². The minimum atomic E-state index is 0.417. The van der Waals surface area contributed by atoms with E-state index in [2.05, 4.69) is 46.5 Å². The van der Waals surface area contributed by atoms with Gasteiger partial charge in [0.15, 0.2) is 5.82 Å². The summed E-state index contributed by atoms with van der Waals surface area (Å²) in [7, 11) is 1.65. The molecule has 4 nitrogen and oxygen atoms in total. The average Bonchev–Trinajstić information content (AvgIpc) is 2.39. The van der Waals surface area contributed by atoms with Crippen LogP contribution in [0.15, 0.2) is 40.3 Å². The van der Waals surface area contributed by atoms with Gasteiger partial charge in [-0.25, -0.2) is 9.97 Å². The average molecular weight is 289 g/mol. The van der Waals surface area contributed by atoms with Gasteiger partial charge in [0, 0.05) is 24.6 Å². The molecule has 5 heteroatoms. The molecule has 0 aliphatic rings. The van der Waals surface area contributed by atoms with Gasteiger partial charge < -0.3 is 10.1 Å². The Morgan fingerprint density at radius 2 is 2.10 bits per heavy atom. The molecular formula is C15H19N3OS. The Morgan fingerprint density at radius 3 is 2.80 bits per heavy atom. The number of aryl methyl sites for hydroxylation is 1. The molecule has 0 saturated carbocycles. The van der Waals surface area contributed by atoms with Gasteiger partial charge in [0.05, 0.1) is 0 Å².